The number of hydrogen-bond acceptors (Lipinski definition) is 5. The zero-order valence-corrected chi connectivity index (χ0v) is 16.2. The van der Waals surface area contributed by atoms with Crippen molar-refractivity contribution in [1.82, 2.24) is 19.9 Å². The lowest BCUT2D eigenvalue weighted by Crippen LogP contribution is -2.54. The van der Waals surface area contributed by atoms with E-state index in [2.05, 4.69) is 32.0 Å². The van der Waals surface area contributed by atoms with Crippen LogP contribution in [-0.4, -0.2) is 45.4 Å². The molecule has 0 aromatic carbocycles. The van der Waals surface area contributed by atoms with E-state index in [-0.39, 0.29) is 11.3 Å². The van der Waals surface area contributed by atoms with E-state index in [0.29, 0.717) is 13.0 Å². The molecule has 2 saturated heterocycles. The van der Waals surface area contributed by atoms with Crippen LogP contribution >= 0.6 is 0 Å². The molecule has 0 aliphatic carbocycles. The zero-order chi connectivity index (χ0) is 18.9. The van der Waals surface area contributed by atoms with Gasteiger partial charge in [-0.15, -0.1) is 0 Å². The zero-order valence-electron chi connectivity index (χ0n) is 16.2. The number of nitrogens with zero attached hydrogens (tertiary/aromatic N) is 5. The molecule has 0 N–H and O–H groups in total. The van der Waals surface area contributed by atoms with Gasteiger partial charge in [-0.25, -0.2) is 0 Å². The average molecular weight is 365 g/mol. The van der Waals surface area contributed by atoms with Gasteiger partial charge in [-0.1, -0.05) is 0 Å². The lowest BCUT2D eigenvalue weighted by atomic mass is 9.73. The minimum atomic E-state index is 0.168. The second-order valence-electron chi connectivity index (χ2n) is 8.08. The normalized spacial score (nSPS) is 23.1. The third-order valence-corrected chi connectivity index (χ3v) is 5.84. The van der Waals surface area contributed by atoms with E-state index >= 15 is 0 Å². The lowest BCUT2D eigenvalue weighted by molar-refractivity contribution is -0.138. The van der Waals surface area contributed by atoms with Gasteiger partial charge in [-0.3, -0.25) is 19.7 Å². The van der Waals surface area contributed by atoms with Crippen LogP contribution in [0, 0.1) is 19.3 Å². The first-order valence-corrected chi connectivity index (χ1v) is 9.76. The molecule has 1 spiro atoms. The van der Waals surface area contributed by atoms with Crippen molar-refractivity contribution >= 4 is 11.6 Å². The highest BCUT2D eigenvalue weighted by Crippen LogP contribution is 2.40. The molecule has 27 heavy (non-hydrogen) atoms. The summed E-state index contributed by atoms with van der Waals surface area (Å²) in [6.07, 6.45) is 9.39. The highest BCUT2D eigenvalue weighted by Gasteiger charge is 2.41. The first kappa shape index (κ1) is 17.9. The van der Waals surface area contributed by atoms with Crippen molar-refractivity contribution in [2.75, 3.05) is 24.5 Å². The fourth-order valence-corrected chi connectivity index (χ4v) is 4.43. The number of carbonyl (C=O) groups excluding carboxylic acids is 1. The fourth-order valence-electron chi connectivity index (χ4n) is 4.43. The molecule has 6 nitrogen and oxygen atoms in total. The first-order valence-electron chi connectivity index (χ1n) is 9.76. The van der Waals surface area contributed by atoms with Gasteiger partial charge in [0.2, 0.25) is 5.91 Å². The van der Waals surface area contributed by atoms with E-state index in [1.807, 2.05) is 24.9 Å². The third kappa shape index (κ3) is 3.94. The molecule has 2 aliphatic heterocycles. The van der Waals surface area contributed by atoms with Gasteiger partial charge in [0, 0.05) is 55.2 Å². The van der Waals surface area contributed by atoms with Crippen LogP contribution in [0.4, 0.5) is 5.69 Å². The number of pyridine rings is 1. The predicted octanol–water partition coefficient (Wildman–Crippen LogP) is 2.90. The molecule has 1 atom stereocenters. The third-order valence-electron chi connectivity index (χ3n) is 5.84. The molecule has 0 saturated carbocycles. The van der Waals surface area contributed by atoms with Crippen LogP contribution in [0.3, 0.4) is 0 Å². The summed E-state index contributed by atoms with van der Waals surface area (Å²) < 4.78 is 0. The van der Waals surface area contributed by atoms with Crippen molar-refractivity contribution in [2.45, 2.75) is 46.1 Å². The number of piperidine rings is 2. The van der Waals surface area contributed by atoms with Crippen LogP contribution in [0.1, 0.15) is 42.8 Å². The van der Waals surface area contributed by atoms with E-state index in [1.165, 1.54) is 12.1 Å². The van der Waals surface area contributed by atoms with Crippen molar-refractivity contribution in [3.63, 3.8) is 0 Å². The smallest absolute Gasteiger partial charge is 0.222 e. The monoisotopic (exact) mass is 365 g/mol. The van der Waals surface area contributed by atoms with Crippen LogP contribution in [0.5, 0.6) is 0 Å². The standard InChI is InChI=1S/C21H27N5O/c1-16-10-19(5-8-22-16)25-9-3-6-21(14-25)7-4-20(27)26(15-21)13-18-12-23-17(2)11-24-18/h5,8,10-12H,3-4,6-7,9,13-15H2,1-2H3. The maximum Gasteiger partial charge on any atom is 0.222 e. The van der Waals surface area contributed by atoms with Crippen molar-refractivity contribution in [1.29, 1.82) is 0 Å². The summed E-state index contributed by atoms with van der Waals surface area (Å²) in [6.45, 7) is 7.40. The molecule has 2 aliphatic rings. The minimum Gasteiger partial charge on any atom is -0.371 e. The van der Waals surface area contributed by atoms with Gasteiger partial charge in [0.25, 0.3) is 0 Å². The minimum absolute atomic E-state index is 0.168. The molecule has 1 unspecified atom stereocenters. The van der Waals surface area contributed by atoms with Crippen LogP contribution in [-0.2, 0) is 11.3 Å². The predicted molar refractivity (Wildman–Crippen MR) is 104 cm³/mol. The van der Waals surface area contributed by atoms with Crippen LogP contribution < -0.4 is 4.90 Å². The maximum absolute atomic E-state index is 12.5. The average Bonchev–Trinajstić information content (AvgIpc) is 2.67. The number of rotatable bonds is 3. The maximum atomic E-state index is 12.5. The molecule has 4 heterocycles. The van der Waals surface area contributed by atoms with Gasteiger partial charge in [0.1, 0.15) is 0 Å². The number of aromatic nitrogens is 3. The summed E-state index contributed by atoms with van der Waals surface area (Å²) in [5, 5.41) is 0. The molecular weight excluding hydrogens is 338 g/mol. The summed E-state index contributed by atoms with van der Waals surface area (Å²) >= 11 is 0. The van der Waals surface area contributed by atoms with Gasteiger partial charge < -0.3 is 9.80 Å². The van der Waals surface area contributed by atoms with Crippen molar-refractivity contribution < 1.29 is 4.79 Å². The number of aryl methyl sites for hydroxylation is 2. The highest BCUT2D eigenvalue weighted by atomic mass is 16.2. The van der Waals surface area contributed by atoms with Crippen LogP contribution in [0.15, 0.2) is 30.7 Å². The van der Waals surface area contributed by atoms with Gasteiger partial charge >= 0.3 is 0 Å². The number of carbonyl (C=O) groups is 1. The van der Waals surface area contributed by atoms with Crippen molar-refractivity contribution in [2.24, 2.45) is 5.41 Å². The number of anilines is 1. The largest absolute Gasteiger partial charge is 0.371 e. The number of likely N-dealkylation sites (tertiary alicyclic amines) is 1. The number of amides is 1. The molecular formula is C21H27N5O. The quantitative estimate of drug-likeness (QED) is 0.837. The first-order chi connectivity index (χ1) is 13.0. The topological polar surface area (TPSA) is 62.2 Å². The number of hydrogen-bond donors (Lipinski definition) is 0. The van der Waals surface area contributed by atoms with E-state index in [1.54, 1.807) is 12.4 Å². The van der Waals surface area contributed by atoms with Crippen molar-refractivity contribution in [3.05, 3.63) is 47.8 Å². The molecule has 6 heteroatoms. The molecule has 0 bridgehead atoms. The summed E-state index contributed by atoms with van der Waals surface area (Å²) in [5.41, 5.74) is 4.22. The van der Waals surface area contributed by atoms with Crippen molar-refractivity contribution in [3.8, 4) is 0 Å². The van der Waals surface area contributed by atoms with E-state index in [9.17, 15) is 4.79 Å². The Hall–Kier alpha value is -2.50. The van der Waals surface area contributed by atoms with Crippen LogP contribution in [0.2, 0.25) is 0 Å². The highest BCUT2D eigenvalue weighted by molar-refractivity contribution is 5.77. The van der Waals surface area contributed by atoms with Gasteiger partial charge in [0.05, 0.1) is 24.1 Å². The Morgan fingerprint density at radius 3 is 2.74 bits per heavy atom. The fraction of sp³-hybridized carbons (Fsp3) is 0.524. The molecule has 4 rings (SSSR count). The summed E-state index contributed by atoms with van der Waals surface area (Å²) in [6, 6.07) is 4.26. The Balaban J connectivity index is 1.50. The van der Waals surface area contributed by atoms with E-state index in [0.717, 1.165) is 49.6 Å². The molecule has 2 aromatic rings. The summed E-state index contributed by atoms with van der Waals surface area (Å²) in [4.78, 5) is 30.1. The van der Waals surface area contributed by atoms with Gasteiger partial charge in [-0.2, -0.15) is 0 Å². The Bertz CT molecular complexity index is 822. The second kappa shape index (κ2) is 7.25. The Kier molecular flexibility index (Phi) is 4.81. The Morgan fingerprint density at radius 2 is 1.96 bits per heavy atom. The summed E-state index contributed by atoms with van der Waals surface area (Å²) in [7, 11) is 0. The lowest BCUT2D eigenvalue weighted by Gasteiger charge is -2.48. The molecule has 2 fully saturated rings. The second-order valence-corrected chi connectivity index (χ2v) is 8.08. The Morgan fingerprint density at radius 1 is 1.07 bits per heavy atom. The molecule has 0 radical (unpaired) electrons. The summed E-state index contributed by atoms with van der Waals surface area (Å²) in [5.74, 6) is 0.236. The van der Waals surface area contributed by atoms with Gasteiger partial charge in [-0.05, 0) is 45.2 Å². The Labute approximate surface area is 160 Å². The SMILES string of the molecule is Cc1cnc(CN2CC3(CCCN(c4ccnc(C)c4)C3)CCC2=O)cn1. The molecule has 142 valence electrons. The molecule has 1 amide bonds. The van der Waals surface area contributed by atoms with Gasteiger partial charge in [0.15, 0.2) is 0 Å². The van der Waals surface area contributed by atoms with E-state index in [4.69, 9.17) is 0 Å². The van der Waals surface area contributed by atoms with E-state index < -0.39 is 0 Å². The molecule has 2 aromatic heterocycles. The van der Waals surface area contributed by atoms with Crippen LogP contribution in [0.25, 0.3) is 0 Å².